The molecule has 62 valence electrons. The van der Waals surface area contributed by atoms with Gasteiger partial charge in [0.25, 0.3) is 0 Å². The third-order valence-electron chi connectivity index (χ3n) is 1.44. The lowest BCUT2D eigenvalue weighted by Crippen LogP contribution is -2.52. The smallest absolute Gasteiger partial charge is 0.274 e. The number of rotatable bonds is 2. The minimum Gasteiger partial charge on any atom is -0.274 e. The van der Waals surface area contributed by atoms with Crippen molar-refractivity contribution >= 4 is 25.8 Å². The molecule has 0 aliphatic carbocycles. The number of carbonyl (C=O) groups excluding carboxylic acids is 1. The van der Waals surface area contributed by atoms with Gasteiger partial charge in [0.15, 0.2) is 0 Å². The van der Waals surface area contributed by atoms with Crippen LogP contribution in [0.1, 0.15) is 6.42 Å². The van der Waals surface area contributed by atoms with E-state index in [2.05, 4.69) is 6.58 Å². The fourth-order valence-electron chi connectivity index (χ4n) is 0.887. The maximum absolute atomic E-state index is 10.7. The summed E-state index contributed by atoms with van der Waals surface area (Å²) in [4.78, 5) is 10.7. The van der Waals surface area contributed by atoms with Crippen molar-refractivity contribution in [1.82, 2.24) is 4.31 Å². The molecule has 4 nitrogen and oxygen atoms in total. The van der Waals surface area contributed by atoms with E-state index in [0.29, 0.717) is 4.31 Å². The summed E-state index contributed by atoms with van der Waals surface area (Å²) in [7, 11) is 1.04. The molecule has 0 bridgehead atoms. The molecule has 0 aromatic carbocycles. The summed E-state index contributed by atoms with van der Waals surface area (Å²) in [6.45, 7) is 3.36. The summed E-state index contributed by atoms with van der Waals surface area (Å²) in [6, 6.07) is -0.454. The Hall–Kier alpha value is -0.550. The third-order valence-corrected chi connectivity index (χ3v) is 2.83. The van der Waals surface area contributed by atoms with Crippen LogP contribution in [0.3, 0.4) is 0 Å². The van der Waals surface area contributed by atoms with Crippen LogP contribution in [0.15, 0.2) is 12.7 Å². The lowest BCUT2D eigenvalue weighted by atomic mass is 10.1. The fraction of sp³-hybridized carbons (Fsp3) is 0.400. The molecule has 1 fully saturated rings. The normalized spacial score (nSPS) is 24.6. The Balaban J connectivity index is 2.87. The molecule has 0 unspecified atom stereocenters. The summed E-state index contributed by atoms with van der Waals surface area (Å²) in [6.07, 6.45) is 1.55. The minimum absolute atomic E-state index is 0.176. The van der Waals surface area contributed by atoms with Gasteiger partial charge in [-0.05, 0) is 0 Å². The molecule has 0 spiro atoms. The SMILES string of the molecule is C=C[C@@H]1CC(=O)N1S(=O)(=O)Cl. The summed E-state index contributed by atoms with van der Waals surface area (Å²) in [5.74, 6) is -0.482. The first-order valence-electron chi connectivity index (χ1n) is 2.86. The van der Waals surface area contributed by atoms with Crippen molar-refractivity contribution < 1.29 is 13.2 Å². The number of halogens is 1. The van der Waals surface area contributed by atoms with Gasteiger partial charge in [0.1, 0.15) is 0 Å². The number of nitrogens with zero attached hydrogens (tertiary/aromatic N) is 1. The van der Waals surface area contributed by atoms with Crippen LogP contribution in [0.4, 0.5) is 0 Å². The van der Waals surface area contributed by atoms with Gasteiger partial charge < -0.3 is 0 Å². The highest BCUT2D eigenvalue weighted by Gasteiger charge is 2.41. The van der Waals surface area contributed by atoms with Gasteiger partial charge in [-0.2, -0.15) is 8.42 Å². The number of β-lactam (4-membered cyclic amide) rings is 1. The molecule has 0 aromatic heterocycles. The molecular weight excluding hydrogens is 190 g/mol. The van der Waals surface area contributed by atoms with Crippen LogP contribution in [0.25, 0.3) is 0 Å². The monoisotopic (exact) mass is 195 g/mol. The van der Waals surface area contributed by atoms with Gasteiger partial charge in [0.2, 0.25) is 5.91 Å². The highest BCUT2D eigenvalue weighted by atomic mass is 35.7. The Labute approximate surface area is 69.0 Å². The molecular formula is C5H6ClNO3S. The third kappa shape index (κ3) is 1.39. The topological polar surface area (TPSA) is 54.5 Å². The van der Waals surface area contributed by atoms with Gasteiger partial charge in [-0.15, -0.1) is 6.58 Å². The maximum Gasteiger partial charge on any atom is 0.324 e. The van der Waals surface area contributed by atoms with E-state index in [-0.39, 0.29) is 6.42 Å². The van der Waals surface area contributed by atoms with Gasteiger partial charge in [0, 0.05) is 10.7 Å². The Morgan fingerprint density at radius 3 is 2.45 bits per heavy atom. The van der Waals surface area contributed by atoms with Crippen LogP contribution < -0.4 is 0 Å². The molecule has 1 aliphatic rings. The maximum atomic E-state index is 10.7. The van der Waals surface area contributed by atoms with Gasteiger partial charge >= 0.3 is 9.24 Å². The molecule has 1 aliphatic heterocycles. The second kappa shape index (κ2) is 2.49. The zero-order chi connectivity index (χ0) is 8.65. The summed E-state index contributed by atoms with van der Waals surface area (Å²) in [5.41, 5.74) is 0. The average Bonchev–Trinajstić information content (AvgIpc) is 1.77. The zero-order valence-electron chi connectivity index (χ0n) is 5.53. The minimum atomic E-state index is -3.89. The second-order valence-electron chi connectivity index (χ2n) is 2.14. The van der Waals surface area contributed by atoms with E-state index in [0.717, 1.165) is 0 Å². The highest BCUT2D eigenvalue weighted by Crippen LogP contribution is 2.25. The van der Waals surface area contributed by atoms with Crippen LogP contribution in [0.2, 0.25) is 0 Å². The summed E-state index contributed by atoms with van der Waals surface area (Å²) < 4.78 is 21.8. The van der Waals surface area contributed by atoms with Crippen molar-refractivity contribution in [3.05, 3.63) is 12.7 Å². The van der Waals surface area contributed by atoms with Crippen LogP contribution >= 0.6 is 10.7 Å². The Morgan fingerprint density at radius 1 is 1.73 bits per heavy atom. The van der Waals surface area contributed by atoms with Crippen LogP contribution in [-0.2, 0) is 14.0 Å². The Kier molecular flexibility index (Phi) is 1.94. The van der Waals surface area contributed by atoms with E-state index < -0.39 is 21.2 Å². The number of amides is 1. The van der Waals surface area contributed by atoms with Crippen molar-refractivity contribution in [3.8, 4) is 0 Å². The quantitative estimate of drug-likeness (QED) is 0.361. The molecule has 0 radical (unpaired) electrons. The van der Waals surface area contributed by atoms with E-state index in [1.165, 1.54) is 6.08 Å². The van der Waals surface area contributed by atoms with Crippen molar-refractivity contribution in [2.24, 2.45) is 0 Å². The van der Waals surface area contributed by atoms with Crippen LogP contribution in [0.5, 0.6) is 0 Å². The molecule has 6 heteroatoms. The zero-order valence-corrected chi connectivity index (χ0v) is 7.10. The predicted molar refractivity (Wildman–Crippen MR) is 40.2 cm³/mol. The second-order valence-corrected chi connectivity index (χ2v) is 4.53. The van der Waals surface area contributed by atoms with Gasteiger partial charge in [-0.3, -0.25) is 4.79 Å². The molecule has 1 atom stereocenters. The van der Waals surface area contributed by atoms with Crippen LogP contribution in [-0.4, -0.2) is 24.7 Å². The molecule has 0 saturated carbocycles. The molecule has 0 N–H and O–H groups in total. The first-order valence-corrected chi connectivity index (χ1v) is 5.13. The first-order chi connectivity index (χ1) is 4.96. The van der Waals surface area contributed by atoms with Crippen molar-refractivity contribution in [3.63, 3.8) is 0 Å². The highest BCUT2D eigenvalue weighted by molar-refractivity contribution is 8.12. The van der Waals surface area contributed by atoms with E-state index in [1.807, 2.05) is 0 Å². The van der Waals surface area contributed by atoms with Crippen molar-refractivity contribution in [2.45, 2.75) is 12.5 Å². The van der Waals surface area contributed by atoms with Crippen LogP contribution in [0, 0.1) is 0 Å². The largest absolute Gasteiger partial charge is 0.324 e. The van der Waals surface area contributed by atoms with Gasteiger partial charge in [-0.1, -0.05) is 6.08 Å². The van der Waals surface area contributed by atoms with Crippen molar-refractivity contribution in [1.29, 1.82) is 0 Å². The molecule has 1 saturated heterocycles. The molecule has 11 heavy (non-hydrogen) atoms. The predicted octanol–water partition coefficient (Wildman–Crippen LogP) is 0.257. The van der Waals surface area contributed by atoms with Gasteiger partial charge in [0.05, 0.1) is 12.5 Å². The molecule has 1 rings (SSSR count). The molecule has 1 amide bonds. The first kappa shape index (κ1) is 8.55. The van der Waals surface area contributed by atoms with E-state index >= 15 is 0 Å². The average molecular weight is 196 g/mol. The number of hydrogen-bond donors (Lipinski definition) is 0. The summed E-state index contributed by atoms with van der Waals surface area (Å²) in [5, 5.41) is 0. The van der Waals surface area contributed by atoms with Gasteiger partial charge in [-0.25, -0.2) is 4.31 Å². The van der Waals surface area contributed by atoms with Crippen molar-refractivity contribution in [2.75, 3.05) is 0 Å². The lowest BCUT2D eigenvalue weighted by Gasteiger charge is -2.34. The number of hydrogen-bond acceptors (Lipinski definition) is 3. The Morgan fingerprint density at radius 2 is 2.27 bits per heavy atom. The molecule has 1 heterocycles. The standard InChI is InChI=1S/C5H6ClNO3S/c1-2-4-3-5(8)7(4)11(6,9)10/h2,4H,1,3H2/t4-/m1/s1. The summed E-state index contributed by atoms with van der Waals surface area (Å²) >= 11 is 0. The van der Waals surface area contributed by atoms with E-state index in [4.69, 9.17) is 10.7 Å². The fourth-order valence-corrected chi connectivity index (χ4v) is 2.23. The molecule has 0 aromatic rings. The number of carbonyl (C=O) groups is 1. The lowest BCUT2D eigenvalue weighted by molar-refractivity contribution is -0.135. The van der Waals surface area contributed by atoms with E-state index in [9.17, 15) is 13.2 Å². The van der Waals surface area contributed by atoms with E-state index in [1.54, 1.807) is 0 Å². The Bertz CT molecular complexity index is 297.